The maximum absolute atomic E-state index is 13.1. The highest BCUT2D eigenvalue weighted by atomic mass is 35.5. The molecule has 0 bridgehead atoms. The largest absolute Gasteiger partial charge is 0.489 e. The van der Waals surface area contributed by atoms with Crippen molar-refractivity contribution >= 4 is 46.9 Å². The molecule has 0 amide bonds. The fraction of sp³-hybridized carbons (Fsp3) is 0.207. The second kappa shape index (κ2) is 12.2. The predicted octanol–water partition coefficient (Wildman–Crippen LogP) is 7.31. The number of esters is 1. The Morgan fingerprint density at radius 3 is 2.56 bits per heavy atom. The van der Waals surface area contributed by atoms with Crippen LogP contribution in [0.15, 0.2) is 89.2 Å². The average molecular weight is 582 g/mol. The summed E-state index contributed by atoms with van der Waals surface area (Å²) in [5.74, 6) is 1.56. The molecular formula is C29H26Cl2N4O3S. The van der Waals surface area contributed by atoms with Gasteiger partial charge in [0.05, 0.1) is 12.2 Å². The number of fused-ring (bicyclic) bond motifs is 1. The minimum absolute atomic E-state index is 0.269. The van der Waals surface area contributed by atoms with Gasteiger partial charge in [-0.15, -0.1) is 5.10 Å². The highest BCUT2D eigenvalue weighted by molar-refractivity contribution is 7.98. The van der Waals surface area contributed by atoms with Crippen LogP contribution in [0.1, 0.15) is 36.6 Å². The number of nitrogens with one attached hydrogen (secondary N) is 1. The van der Waals surface area contributed by atoms with Crippen LogP contribution in [0, 0.1) is 0 Å². The molecule has 7 nitrogen and oxygen atoms in total. The number of aromatic nitrogens is 3. The zero-order valence-corrected chi connectivity index (χ0v) is 23.7. The predicted molar refractivity (Wildman–Crippen MR) is 154 cm³/mol. The Morgan fingerprint density at radius 1 is 1.08 bits per heavy atom. The van der Waals surface area contributed by atoms with E-state index < -0.39 is 12.0 Å². The molecule has 3 aromatic carbocycles. The van der Waals surface area contributed by atoms with Crippen LogP contribution in [-0.4, -0.2) is 27.3 Å². The number of halogens is 2. The van der Waals surface area contributed by atoms with E-state index in [1.165, 1.54) is 17.3 Å². The molecule has 1 aliphatic heterocycles. The topological polar surface area (TPSA) is 78.3 Å². The van der Waals surface area contributed by atoms with Crippen molar-refractivity contribution in [3.05, 3.63) is 111 Å². The molecule has 1 aromatic heterocycles. The number of rotatable bonds is 9. The third-order valence-corrected chi connectivity index (χ3v) is 7.64. The zero-order valence-electron chi connectivity index (χ0n) is 21.4. The second-order valence-corrected chi connectivity index (χ2v) is 10.6. The lowest BCUT2D eigenvalue weighted by atomic mass is 9.96. The van der Waals surface area contributed by atoms with E-state index in [1.54, 1.807) is 23.7 Å². The molecule has 0 saturated heterocycles. The van der Waals surface area contributed by atoms with Gasteiger partial charge in [0.1, 0.15) is 18.4 Å². The number of allylic oxidation sites excluding steroid dienone is 1. The molecule has 4 aromatic rings. The highest BCUT2D eigenvalue weighted by Gasteiger charge is 2.35. The number of anilines is 1. The summed E-state index contributed by atoms with van der Waals surface area (Å²) >= 11 is 13.8. The number of carbonyl (C=O) groups excluding carboxylic acids is 1. The van der Waals surface area contributed by atoms with Gasteiger partial charge in [-0.25, -0.2) is 9.48 Å². The van der Waals surface area contributed by atoms with E-state index in [0.29, 0.717) is 44.8 Å². The molecule has 1 N–H and O–H groups in total. The Morgan fingerprint density at radius 2 is 1.85 bits per heavy atom. The molecule has 10 heteroatoms. The van der Waals surface area contributed by atoms with Crippen molar-refractivity contribution in [1.29, 1.82) is 0 Å². The summed E-state index contributed by atoms with van der Waals surface area (Å²) in [6, 6.07) is 22.5. The van der Waals surface area contributed by atoms with Crippen LogP contribution >= 0.6 is 35.0 Å². The molecule has 5 rings (SSSR count). The summed E-state index contributed by atoms with van der Waals surface area (Å²) in [7, 11) is 0. The maximum atomic E-state index is 13.1. The monoisotopic (exact) mass is 580 g/mol. The standard InChI is InChI=1S/C29H26Cl2N4O3S/c1-3-37-27(36)25-18(2)32-28-33-29(39-17-19-7-5-4-6-8-19)34-35(28)26(25)20-10-13-23(14-11-20)38-16-21-9-12-22(30)15-24(21)31/h4-15,26H,3,16-17H2,1-2H3,(H,32,33,34). The lowest BCUT2D eigenvalue weighted by molar-refractivity contribution is -0.139. The Balaban J connectivity index is 1.40. The number of ether oxygens (including phenoxy) is 2. The molecule has 200 valence electrons. The average Bonchev–Trinajstić information content (AvgIpc) is 3.34. The van der Waals surface area contributed by atoms with Crippen LogP contribution in [0.25, 0.3) is 0 Å². The third kappa shape index (κ3) is 6.24. The normalized spacial score (nSPS) is 14.5. The minimum atomic E-state index is -0.515. The van der Waals surface area contributed by atoms with Crippen molar-refractivity contribution in [3.63, 3.8) is 0 Å². The van der Waals surface area contributed by atoms with E-state index in [0.717, 1.165) is 16.9 Å². The van der Waals surface area contributed by atoms with E-state index in [-0.39, 0.29) is 6.61 Å². The molecule has 0 fully saturated rings. The first-order valence-corrected chi connectivity index (χ1v) is 14.1. The Labute approximate surface area is 241 Å². The first-order chi connectivity index (χ1) is 18.9. The third-order valence-electron chi connectivity index (χ3n) is 6.14. The number of carbonyl (C=O) groups is 1. The quantitative estimate of drug-likeness (QED) is 0.164. The summed E-state index contributed by atoms with van der Waals surface area (Å²) in [4.78, 5) is 17.8. The number of hydrogen-bond donors (Lipinski definition) is 1. The molecule has 0 radical (unpaired) electrons. The maximum Gasteiger partial charge on any atom is 0.338 e. The van der Waals surface area contributed by atoms with Crippen molar-refractivity contribution in [2.75, 3.05) is 11.9 Å². The first-order valence-electron chi connectivity index (χ1n) is 12.4. The lowest BCUT2D eigenvalue weighted by Gasteiger charge is -2.28. The van der Waals surface area contributed by atoms with Gasteiger partial charge in [-0.05, 0) is 49.2 Å². The number of nitrogens with zero attached hydrogens (tertiary/aromatic N) is 3. The van der Waals surface area contributed by atoms with E-state index in [9.17, 15) is 4.79 Å². The van der Waals surface area contributed by atoms with E-state index in [2.05, 4.69) is 17.4 Å². The van der Waals surface area contributed by atoms with E-state index in [1.807, 2.05) is 55.5 Å². The van der Waals surface area contributed by atoms with Gasteiger partial charge in [-0.2, -0.15) is 4.98 Å². The molecule has 39 heavy (non-hydrogen) atoms. The fourth-order valence-corrected chi connectivity index (χ4v) is 5.49. The molecule has 1 unspecified atom stereocenters. The summed E-state index contributed by atoms with van der Waals surface area (Å²) in [5, 5.41) is 9.75. The second-order valence-electron chi connectivity index (χ2n) is 8.82. The van der Waals surface area contributed by atoms with Gasteiger partial charge in [-0.3, -0.25) is 0 Å². The van der Waals surface area contributed by atoms with Gasteiger partial charge in [0.15, 0.2) is 0 Å². The van der Waals surface area contributed by atoms with Gasteiger partial charge in [0, 0.05) is 27.1 Å². The van der Waals surface area contributed by atoms with Gasteiger partial charge < -0.3 is 14.8 Å². The zero-order chi connectivity index (χ0) is 27.4. The van der Waals surface area contributed by atoms with E-state index >= 15 is 0 Å². The highest BCUT2D eigenvalue weighted by Crippen LogP contribution is 2.37. The van der Waals surface area contributed by atoms with Crippen LogP contribution in [0.5, 0.6) is 5.75 Å². The molecule has 0 saturated carbocycles. The van der Waals surface area contributed by atoms with Crippen molar-refractivity contribution in [1.82, 2.24) is 14.8 Å². The van der Waals surface area contributed by atoms with Crippen LogP contribution in [0.2, 0.25) is 10.0 Å². The minimum Gasteiger partial charge on any atom is -0.489 e. The van der Waals surface area contributed by atoms with Crippen LogP contribution in [0.4, 0.5) is 5.95 Å². The summed E-state index contributed by atoms with van der Waals surface area (Å²) in [6.07, 6.45) is 0. The van der Waals surface area contributed by atoms with Gasteiger partial charge >= 0.3 is 5.97 Å². The van der Waals surface area contributed by atoms with Crippen molar-refractivity contribution in [3.8, 4) is 5.75 Å². The summed E-state index contributed by atoms with van der Waals surface area (Å²) < 4.78 is 13.1. The summed E-state index contributed by atoms with van der Waals surface area (Å²) in [6.45, 7) is 4.20. The molecule has 1 atom stereocenters. The van der Waals surface area contributed by atoms with Gasteiger partial charge in [0.2, 0.25) is 11.1 Å². The fourth-order valence-electron chi connectivity index (χ4n) is 4.24. The SMILES string of the molecule is CCOC(=O)C1=C(C)Nc2nc(SCc3ccccc3)nn2C1c1ccc(OCc2ccc(Cl)cc2Cl)cc1. The summed E-state index contributed by atoms with van der Waals surface area (Å²) in [5.41, 5.74) is 4.02. The Kier molecular flexibility index (Phi) is 8.45. The van der Waals surface area contributed by atoms with Crippen LogP contribution in [0.3, 0.4) is 0 Å². The number of thioether (sulfide) groups is 1. The first kappa shape index (κ1) is 27.1. The van der Waals surface area contributed by atoms with Crippen molar-refractivity contribution in [2.24, 2.45) is 0 Å². The molecule has 1 aliphatic rings. The molecule has 0 spiro atoms. The van der Waals surface area contributed by atoms with E-state index in [4.69, 9.17) is 42.8 Å². The van der Waals surface area contributed by atoms with Gasteiger partial charge in [-0.1, -0.05) is 83.5 Å². The van der Waals surface area contributed by atoms with Crippen molar-refractivity contribution < 1.29 is 14.3 Å². The molecule has 2 heterocycles. The number of benzene rings is 3. The Bertz CT molecular complexity index is 1510. The smallest absolute Gasteiger partial charge is 0.338 e. The molecule has 0 aliphatic carbocycles. The van der Waals surface area contributed by atoms with Crippen LogP contribution in [-0.2, 0) is 21.9 Å². The molecular weight excluding hydrogens is 555 g/mol. The lowest BCUT2D eigenvalue weighted by Crippen LogP contribution is -2.29. The van der Waals surface area contributed by atoms with Gasteiger partial charge in [0.25, 0.3) is 0 Å². The van der Waals surface area contributed by atoms with Crippen molar-refractivity contribution in [2.45, 2.75) is 37.4 Å². The number of hydrogen-bond acceptors (Lipinski definition) is 7. The van der Waals surface area contributed by atoms with Crippen LogP contribution < -0.4 is 10.1 Å². The Hall–Kier alpha value is -3.46.